The molecule has 1 heterocycles. The van der Waals surface area contributed by atoms with Crippen LogP contribution in [0.15, 0.2) is 48.5 Å². The SMILES string of the molecule is O=C1[N]CCc2ccc(-c3ccccc3)cc21. The molecule has 2 heteroatoms. The van der Waals surface area contributed by atoms with E-state index in [1.807, 2.05) is 42.5 Å². The Morgan fingerprint density at radius 2 is 1.76 bits per heavy atom. The fraction of sp³-hybridized carbons (Fsp3) is 0.133. The Bertz CT molecular complexity index is 560. The molecule has 0 atom stereocenters. The van der Waals surface area contributed by atoms with E-state index in [9.17, 15) is 4.79 Å². The number of amides is 1. The largest absolute Gasteiger partial charge is 0.272 e. The second kappa shape index (κ2) is 4.06. The van der Waals surface area contributed by atoms with Crippen molar-refractivity contribution in [1.82, 2.24) is 5.32 Å². The number of nitrogens with zero attached hydrogens (tertiary/aromatic N) is 1. The van der Waals surface area contributed by atoms with Gasteiger partial charge in [0.2, 0.25) is 0 Å². The van der Waals surface area contributed by atoms with Gasteiger partial charge in [0, 0.05) is 12.1 Å². The van der Waals surface area contributed by atoms with Gasteiger partial charge < -0.3 is 0 Å². The summed E-state index contributed by atoms with van der Waals surface area (Å²) in [5.41, 5.74) is 4.09. The molecule has 17 heavy (non-hydrogen) atoms. The molecule has 0 bridgehead atoms. The highest BCUT2D eigenvalue weighted by atomic mass is 16.1. The Kier molecular flexibility index (Phi) is 2.41. The van der Waals surface area contributed by atoms with E-state index in [1.54, 1.807) is 0 Å². The molecule has 83 valence electrons. The van der Waals surface area contributed by atoms with Gasteiger partial charge in [0.15, 0.2) is 0 Å². The number of rotatable bonds is 1. The van der Waals surface area contributed by atoms with Crippen LogP contribution in [0.3, 0.4) is 0 Å². The van der Waals surface area contributed by atoms with Crippen molar-refractivity contribution in [3.05, 3.63) is 59.7 Å². The van der Waals surface area contributed by atoms with Crippen molar-refractivity contribution < 1.29 is 4.79 Å². The molecule has 0 unspecified atom stereocenters. The van der Waals surface area contributed by atoms with Crippen LogP contribution in [-0.4, -0.2) is 12.5 Å². The van der Waals surface area contributed by atoms with Gasteiger partial charge in [0.1, 0.15) is 0 Å². The summed E-state index contributed by atoms with van der Waals surface area (Å²) >= 11 is 0. The molecular weight excluding hydrogens is 210 g/mol. The molecule has 3 rings (SSSR count). The Morgan fingerprint density at radius 3 is 2.59 bits per heavy atom. The third kappa shape index (κ3) is 1.82. The van der Waals surface area contributed by atoms with Gasteiger partial charge in [-0.1, -0.05) is 42.5 Å². The molecule has 0 fully saturated rings. The number of benzene rings is 2. The zero-order valence-corrected chi connectivity index (χ0v) is 9.39. The van der Waals surface area contributed by atoms with Crippen molar-refractivity contribution in [3.63, 3.8) is 0 Å². The van der Waals surface area contributed by atoms with E-state index >= 15 is 0 Å². The quantitative estimate of drug-likeness (QED) is 0.729. The summed E-state index contributed by atoms with van der Waals surface area (Å²) in [4.78, 5) is 11.7. The van der Waals surface area contributed by atoms with E-state index in [2.05, 4.69) is 11.4 Å². The molecule has 1 radical (unpaired) electrons. The maximum absolute atomic E-state index is 11.7. The van der Waals surface area contributed by atoms with Gasteiger partial charge in [-0.2, -0.15) is 0 Å². The average molecular weight is 222 g/mol. The predicted octanol–water partition coefficient (Wildman–Crippen LogP) is 2.65. The molecule has 0 spiro atoms. The third-order valence-electron chi connectivity index (χ3n) is 3.08. The van der Waals surface area contributed by atoms with Crippen molar-refractivity contribution in [2.24, 2.45) is 0 Å². The molecule has 0 aliphatic carbocycles. The van der Waals surface area contributed by atoms with Crippen LogP contribution in [0.2, 0.25) is 0 Å². The normalized spacial score (nSPS) is 14.0. The fourth-order valence-electron chi connectivity index (χ4n) is 2.17. The summed E-state index contributed by atoms with van der Waals surface area (Å²) < 4.78 is 0. The first-order chi connectivity index (χ1) is 8.34. The lowest BCUT2D eigenvalue weighted by Gasteiger charge is -2.15. The zero-order chi connectivity index (χ0) is 11.7. The first kappa shape index (κ1) is 10.1. The van der Waals surface area contributed by atoms with Crippen LogP contribution in [-0.2, 0) is 6.42 Å². The van der Waals surface area contributed by atoms with Crippen molar-refractivity contribution in [3.8, 4) is 11.1 Å². The van der Waals surface area contributed by atoms with Crippen LogP contribution in [0.1, 0.15) is 15.9 Å². The van der Waals surface area contributed by atoms with Crippen LogP contribution in [0.4, 0.5) is 0 Å². The molecule has 0 saturated carbocycles. The van der Waals surface area contributed by atoms with Crippen molar-refractivity contribution in [1.29, 1.82) is 0 Å². The molecule has 2 aromatic rings. The summed E-state index contributed by atoms with van der Waals surface area (Å²) in [6.07, 6.45) is 0.871. The molecule has 1 aliphatic rings. The monoisotopic (exact) mass is 222 g/mol. The molecule has 2 aromatic carbocycles. The van der Waals surface area contributed by atoms with E-state index in [4.69, 9.17) is 0 Å². The highest BCUT2D eigenvalue weighted by Crippen LogP contribution is 2.24. The maximum Gasteiger partial charge on any atom is 0.272 e. The highest BCUT2D eigenvalue weighted by Gasteiger charge is 2.18. The molecule has 1 amide bonds. The lowest BCUT2D eigenvalue weighted by molar-refractivity contribution is 0.0941. The maximum atomic E-state index is 11.7. The first-order valence-corrected chi connectivity index (χ1v) is 5.75. The molecule has 2 nitrogen and oxygen atoms in total. The Labute approximate surface area is 100 Å². The van der Waals surface area contributed by atoms with E-state index in [-0.39, 0.29) is 5.91 Å². The molecule has 0 N–H and O–H groups in total. The van der Waals surface area contributed by atoms with Crippen molar-refractivity contribution in [2.75, 3.05) is 6.54 Å². The van der Waals surface area contributed by atoms with Gasteiger partial charge in [-0.25, -0.2) is 5.32 Å². The summed E-state index contributed by atoms with van der Waals surface area (Å²) in [6.45, 7) is 0.622. The predicted molar refractivity (Wildman–Crippen MR) is 66.9 cm³/mol. The van der Waals surface area contributed by atoms with Crippen LogP contribution in [0.5, 0.6) is 0 Å². The number of carbonyl (C=O) groups excluding carboxylic acids is 1. The van der Waals surface area contributed by atoms with Crippen molar-refractivity contribution >= 4 is 5.91 Å². The topological polar surface area (TPSA) is 31.2 Å². The lowest BCUT2D eigenvalue weighted by atomic mass is 9.95. The standard InChI is InChI=1S/C15H12NO/c17-15-14-10-13(11-4-2-1-3-5-11)7-6-12(14)8-9-16-15/h1-7,10H,8-9H2. The molecular formula is C15H12NO. The summed E-state index contributed by atoms with van der Waals surface area (Å²) in [5, 5.41) is 3.97. The third-order valence-corrected chi connectivity index (χ3v) is 3.08. The van der Waals surface area contributed by atoms with E-state index < -0.39 is 0 Å². The molecule has 0 aromatic heterocycles. The smallest absolute Gasteiger partial charge is 0.267 e. The number of hydrogen-bond acceptors (Lipinski definition) is 1. The van der Waals surface area contributed by atoms with Crippen LogP contribution in [0, 0.1) is 0 Å². The first-order valence-electron chi connectivity index (χ1n) is 5.75. The lowest BCUT2D eigenvalue weighted by Crippen LogP contribution is -2.25. The van der Waals surface area contributed by atoms with Gasteiger partial charge >= 0.3 is 0 Å². The zero-order valence-electron chi connectivity index (χ0n) is 9.39. The van der Waals surface area contributed by atoms with Crippen LogP contribution < -0.4 is 5.32 Å². The van der Waals surface area contributed by atoms with E-state index in [1.165, 1.54) is 0 Å². The summed E-state index contributed by atoms with van der Waals surface area (Å²) in [6, 6.07) is 16.2. The second-order valence-electron chi connectivity index (χ2n) is 4.17. The summed E-state index contributed by atoms with van der Waals surface area (Å²) in [5.74, 6) is -0.0796. The van der Waals surface area contributed by atoms with E-state index in [0.29, 0.717) is 6.54 Å². The van der Waals surface area contributed by atoms with Gasteiger partial charge in [-0.05, 0) is 29.2 Å². The minimum absolute atomic E-state index is 0.0796. The second-order valence-corrected chi connectivity index (χ2v) is 4.17. The molecule has 1 aliphatic heterocycles. The number of hydrogen-bond donors (Lipinski definition) is 0. The van der Waals surface area contributed by atoms with Gasteiger partial charge in [-0.15, -0.1) is 0 Å². The Hall–Kier alpha value is -2.09. The van der Waals surface area contributed by atoms with E-state index in [0.717, 1.165) is 28.7 Å². The Morgan fingerprint density at radius 1 is 0.941 bits per heavy atom. The molecule has 0 saturated heterocycles. The van der Waals surface area contributed by atoms with Gasteiger partial charge in [0.05, 0.1) is 0 Å². The highest BCUT2D eigenvalue weighted by molar-refractivity contribution is 5.97. The van der Waals surface area contributed by atoms with Gasteiger partial charge in [-0.3, -0.25) is 4.79 Å². The number of carbonyl (C=O) groups is 1. The summed E-state index contributed by atoms with van der Waals surface area (Å²) in [7, 11) is 0. The average Bonchev–Trinajstić information content (AvgIpc) is 2.40. The minimum Gasteiger partial charge on any atom is -0.267 e. The number of fused-ring (bicyclic) bond motifs is 1. The van der Waals surface area contributed by atoms with Crippen LogP contribution in [0.25, 0.3) is 11.1 Å². The van der Waals surface area contributed by atoms with Crippen LogP contribution >= 0.6 is 0 Å². The van der Waals surface area contributed by atoms with Crippen molar-refractivity contribution in [2.45, 2.75) is 6.42 Å². The fourth-order valence-corrected chi connectivity index (χ4v) is 2.17. The minimum atomic E-state index is -0.0796. The van der Waals surface area contributed by atoms with Gasteiger partial charge in [0.25, 0.3) is 5.91 Å². The Balaban J connectivity index is 2.09.